The number of hydrogen-bond donors (Lipinski definition) is 1. The minimum atomic E-state index is -0.184. The monoisotopic (exact) mass is 259 g/mol. The highest BCUT2D eigenvalue weighted by molar-refractivity contribution is 5.26. The maximum Gasteiger partial charge on any atom is 0.123 e. The fourth-order valence-corrected chi connectivity index (χ4v) is 2.13. The lowest BCUT2D eigenvalue weighted by Crippen LogP contribution is -2.15. The third kappa shape index (κ3) is 3.20. The number of nitrogens with zero attached hydrogens (tertiary/aromatic N) is 2. The van der Waals surface area contributed by atoms with Gasteiger partial charge < -0.3 is 9.88 Å². The average Bonchev–Trinajstić information content (AvgIpc) is 3.12. The molecule has 0 bridgehead atoms. The van der Waals surface area contributed by atoms with Crippen molar-refractivity contribution in [2.45, 2.75) is 38.9 Å². The molecule has 1 aromatic heterocycles. The lowest BCUT2D eigenvalue weighted by molar-refractivity contribution is 0.622. The average molecular weight is 259 g/mol. The number of imidazole rings is 1. The van der Waals surface area contributed by atoms with E-state index >= 15 is 0 Å². The van der Waals surface area contributed by atoms with Gasteiger partial charge >= 0.3 is 0 Å². The van der Waals surface area contributed by atoms with Gasteiger partial charge in [-0.25, -0.2) is 9.37 Å². The molecule has 4 heteroatoms. The highest BCUT2D eigenvalue weighted by atomic mass is 19.1. The number of rotatable bonds is 5. The zero-order valence-electron chi connectivity index (χ0n) is 11.1. The van der Waals surface area contributed by atoms with Crippen LogP contribution < -0.4 is 5.32 Å². The van der Waals surface area contributed by atoms with Crippen LogP contribution in [0.2, 0.25) is 0 Å². The van der Waals surface area contributed by atoms with Gasteiger partial charge in [-0.2, -0.15) is 0 Å². The van der Waals surface area contributed by atoms with Crippen molar-refractivity contribution in [2.75, 3.05) is 0 Å². The normalized spacial score (nSPS) is 14.8. The topological polar surface area (TPSA) is 29.9 Å². The Morgan fingerprint density at radius 1 is 1.42 bits per heavy atom. The SMILES string of the molecule is Cc1ccc(F)cc1Cn1cnc(CNC2CC2)c1. The molecule has 1 N–H and O–H groups in total. The molecule has 19 heavy (non-hydrogen) atoms. The molecule has 3 rings (SSSR count). The smallest absolute Gasteiger partial charge is 0.123 e. The minimum absolute atomic E-state index is 0.184. The Hall–Kier alpha value is -1.68. The number of benzene rings is 1. The van der Waals surface area contributed by atoms with Gasteiger partial charge in [-0.05, 0) is 43.0 Å². The van der Waals surface area contributed by atoms with Crippen LogP contribution in [0.1, 0.15) is 29.7 Å². The van der Waals surface area contributed by atoms with Gasteiger partial charge in [0.15, 0.2) is 0 Å². The van der Waals surface area contributed by atoms with E-state index in [2.05, 4.69) is 10.3 Å². The molecule has 0 amide bonds. The quantitative estimate of drug-likeness (QED) is 0.894. The van der Waals surface area contributed by atoms with Crippen molar-refractivity contribution >= 4 is 0 Å². The fraction of sp³-hybridized carbons (Fsp3) is 0.400. The van der Waals surface area contributed by atoms with Gasteiger partial charge in [0.2, 0.25) is 0 Å². The van der Waals surface area contributed by atoms with Crippen molar-refractivity contribution in [3.05, 3.63) is 53.4 Å². The van der Waals surface area contributed by atoms with E-state index in [0.717, 1.165) is 23.4 Å². The summed E-state index contributed by atoms with van der Waals surface area (Å²) >= 11 is 0. The summed E-state index contributed by atoms with van der Waals surface area (Å²) in [6.07, 6.45) is 6.40. The van der Waals surface area contributed by atoms with Crippen LogP contribution in [0.3, 0.4) is 0 Å². The summed E-state index contributed by atoms with van der Waals surface area (Å²) in [4.78, 5) is 4.37. The highest BCUT2D eigenvalue weighted by Crippen LogP contribution is 2.19. The predicted molar refractivity (Wildman–Crippen MR) is 72.3 cm³/mol. The summed E-state index contributed by atoms with van der Waals surface area (Å²) < 4.78 is 15.2. The van der Waals surface area contributed by atoms with E-state index in [1.54, 1.807) is 6.07 Å². The van der Waals surface area contributed by atoms with Crippen molar-refractivity contribution in [1.82, 2.24) is 14.9 Å². The second kappa shape index (κ2) is 5.13. The van der Waals surface area contributed by atoms with Gasteiger partial charge in [0.1, 0.15) is 5.82 Å². The number of nitrogens with one attached hydrogen (secondary N) is 1. The summed E-state index contributed by atoms with van der Waals surface area (Å²) in [7, 11) is 0. The molecule has 1 aromatic carbocycles. The highest BCUT2D eigenvalue weighted by Gasteiger charge is 2.20. The molecule has 100 valence electrons. The van der Waals surface area contributed by atoms with Crippen LogP contribution in [0.25, 0.3) is 0 Å². The van der Waals surface area contributed by atoms with Gasteiger partial charge in [-0.15, -0.1) is 0 Å². The first kappa shape index (κ1) is 12.4. The Morgan fingerprint density at radius 3 is 3.05 bits per heavy atom. The Balaban J connectivity index is 1.66. The van der Waals surface area contributed by atoms with Crippen LogP contribution in [0, 0.1) is 12.7 Å². The Kier molecular flexibility index (Phi) is 3.34. The molecule has 3 nitrogen and oxygen atoms in total. The molecule has 0 unspecified atom stereocenters. The first-order valence-electron chi connectivity index (χ1n) is 6.70. The van der Waals surface area contributed by atoms with Crippen molar-refractivity contribution in [2.24, 2.45) is 0 Å². The zero-order valence-corrected chi connectivity index (χ0v) is 11.1. The summed E-state index contributed by atoms with van der Waals surface area (Å²) in [5.41, 5.74) is 3.15. The van der Waals surface area contributed by atoms with Crippen LogP contribution in [0.4, 0.5) is 4.39 Å². The van der Waals surface area contributed by atoms with E-state index < -0.39 is 0 Å². The number of aryl methyl sites for hydroxylation is 1. The molecule has 1 fully saturated rings. The maximum atomic E-state index is 13.2. The van der Waals surface area contributed by atoms with Crippen LogP contribution in [-0.4, -0.2) is 15.6 Å². The molecule has 1 aliphatic rings. The van der Waals surface area contributed by atoms with Gasteiger partial charge in [0.25, 0.3) is 0 Å². The first-order valence-corrected chi connectivity index (χ1v) is 6.70. The molecule has 2 aromatic rings. The van der Waals surface area contributed by atoms with Crippen LogP contribution in [0.5, 0.6) is 0 Å². The van der Waals surface area contributed by atoms with Crippen LogP contribution in [0.15, 0.2) is 30.7 Å². The predicted octanol–water partition coefficient (Wildman–Crippen LogP) is 2.63. The Bertz CT molecular complexity index is 573. The van der Waals surface area contributed by atoms with Crippen molar-refractivity contribution in [3.8, 4) is 0 Å². The molecule has 1 saturated carbocycles. The maximum absolute atomic E-state index is 13.2. The second-order valence-corrected chi connectivity index (χ2v) is 5.26. The van der Waals surface area contributed by atoms with E-state index in [-0.39, 0.29) is 5.82 Å². The standard InChI is InChI=1S/C15H18FN3/c1-11-2-3-13(16)6-12(11)8-19-9-15(18-10-19)7-17-14-4-5-14/h2-3,6,9-10,14,17H,4-5,7-8H2,1H3. The molecule has 1 heterocycles. The third-order valence-corrected chi connectivity index (χ3v) is 3.50. The zero-order chi connectivity index (χ0) is 13.2. The van der Waals surface area contributed by atoms with Gasteiger partial charge in [0, 0.05) is 25.3 Å². The summed E-state index contributed by atoms with van der Waals surface area (Å²) in [5, 5.41) is 3.43. The van der Waals surface area contributed by atoms with Crippen molar-refractivity contribution in [1.29, 1.82) is 0 Å². The Labute approximate surface area is 112 Å². The molecule has 0 atom stereocenters. The molecule has 0 aliphatic heterocycles. The van der Waals surface area contributed by atoms with E-state index in [9.17, 15) is 4.39 Å². The Morgan fingerprint density at radius 2 is 2.26 bits per heavy atom. The number of aromatic nitrogens is 2. The fourth-order valence-electron chi connectivity index (χ4n) is 2.13. The van der Waals surface area contributed by atoms with Crippen LogP contribution >= 0.6 is 0 Å². The first-order chi connectivity index (χ1) is 9.20. The lowest BCUT2D eigenvalue weighted by Gasteiger charge is -2.06. The molecule has 1 aliphatic carbocycles. The largest absolute Gasteiger partial charge is 0.333 e. The van der Waals surface area contributed by atoms with E-state index in [4.69, 9.17) is 0 Å². The second-order valence-electron chi connectivity index (χ2n) is 5.26. The van der Waals surface area contributed by atoms with Crippen molar-refractivity contribution < 1.29 is 4.39 Å². The van der Waals surface area contributed by atoms with Gasteiger partial charge in [-0.1, -0.05) is 6.07 Å². The molecular formula is C15H18FN3. The van der Waals surface area contributed by atoms with Gasteiger partial charge in [0.05, 0.1) is 12.0 Å². The summed E-state index contributed by atoms with van der Waals surface area (Å²) in [6.45, 7) is 3.49. The summed E-state index contributed by atoms with van der Waals surface area (Å²) in [5.74, 6) is -0.184. The molecule has 0 saturated heterocycles. The van der Waals surface area contributed by atoms with E-state index in [1.165, 1.54) is 18.9 Å². The molecule has 0 spiro atoms. The van der Waals surface area contributed by atoms with Crippen LogP contribution in [-0.2, 0) is 13.1 Å². The summed E-state index contributed by atoms with van der Waals surface area (Å²) in [6, 6.07) is 5.60. The van der Waals surface area contributed by atoms with E-state index in [0.29, 0.717) is 12.6 Å². The molecule has 0 radical (unpaired) electrons. The number of hydrogen-bond acceptors (Lipinski definition) is 2. The number of halogens is 1. The minimum Gasteiger partial charge on any atom is -0.333 e. The third-order valence-electron chi connectivity index (χ3n) is 3.50. The van der Waals surface area contributed by atoms with Crippen molar-refractivity contribution in [3.63, 3.8) is 0 Å². The lowest BCUT2D eigenvalue weighted by atomic mass is 10.1. The van der Waals surface area contributed by atoms with Gasteiger partial charge in [-0.3, -0.25) is 0 Å². The van der Waals surface area contributed by atoms with E-state index in [1.807, 2.05) is 30.1 Å². The molecular weight excluding hydrogens is 241 g/mol.